The van der Waals surface area contributed by atoms with Crippen LogP contribution in [0.2, 0.25) is 0 Å². The lowest BCUT2D eigenvalue weighted by atomic mass is 9.73. The van der Waals surface area contributed by atoms with Gasteiger partial charge in [0.2, 0.25) is 0 Å². The molecule has 0 atom stereocenters. The lowest BCUT2D eigenvalue weighted by Crippen LogP contribution is -2.58. The normalized spacial score (nSPS) is 19.2. The average Bonchev–Trinajstić information content (AvgIpc) is 3.50. The number of hydrogen-bond donors (Lipinski definition) is 2. The second kappa shape index (κ2) is 11.4. The Balaban J connectivity index is 1.40. The number of H-pyrrole nitrogens is 1. The Bertz CT molecular complexity index is 1640. The van der Waals surface area contributed by atoms with E-state index in [0.29, 0.717) is 18.0 Å². The summed E-state index contributed by atoms with van der Waals surface area (Å²) in [7, 11) is 0. The first-order valence-electron chi connectivity index (χ1n) is 15.9. The van der Waals surface area contributed by atoms with Gasteiger partial charge in [0, 0.05) is 55.6 Å². The van der Waals surface area contributed by atoms with Gasteiger partial charge in [0.05, 0.1) is 18.3 Å². The number of nitrogens with zero attached hydrogens (tertiary/aromatic N) is 5. The first kappa shape index (κ1) is 28.1. The van der Waals surface area contributed by atoms with Crippen molar-refractivity contribution in [3.8, 4) is 22.9 Å². The molecule has 9 nitrogen and oxygen atoms in total. The Morgan fingerprint density at radius 3 is 2.51 bits per heavy atom. The molecule has 7 rings (SSSR count). The number of fused-ring (bicyclic) bond motifs is 2. The summed E-state index contributed by atoms with van der Waals surface area (Å²) in [6.45, 7) is 18.4. The van der Waals surface area contributed by atoms with Crippen molar-refractivity contribution in [1.29, 1.82) is 0 Å². The summed E-state index contributed by atoms with van der Waals surface area (Å²) in [6, 6.07) is 6.85. The van der Waals surface area contributed by atoms with Crippen LogP contribution >= 0.6 is 0 Å². The van der Waals surface area contributed by atoms with Crippen molar-refractivity contribution in [2.24, 2.45) is 5.41 Å². The number of aromatic amines is 1. The quantitative estimate of drug-likeness (QED) is 0.279. The predicted octanol–water partition coefficient (Wildman–Crippen LogP) is 5.58. The summed E-state index contributed by atoms with van der Waals surface area (Å²) in [4.78, 5) is 15.2. The Kier molecular flexibility index (Phi) is 7.47. The minimum Gasteiger partial charge on any atom is -0.491 e. The lowest BCUT2D eigenvalue weighted by Gasteiger charge is -2.48. The van der Waals surface area contributed by atoms with Crippen LogP contribution in [-0.4, -0.2) is 83.6 Å². The molecule has 5 heterocycles. The third-order valence-corrected chi connectivity index (χ3v) is 9.90. The van der Waals surface area contributed by atoms with Crippen molar-refractivity contribution < 1.29 is 9.47 Å². The van der Waals surface area contributed by atoms with Crippen molar-refractivity contribution in [3.63, 3.8) is 0 Å². The summed E-state index contributed by atoms with van der Waals surface area (Å²) in [6.07, 6.45) is 8.19. The molecule has 3 fully saturated rings. The van der Waals surface area contributed by atoms with Gasteiger partial charge in [-0.15, -0.1) is 0 Å². The molecule has 0 bridgehead atoms. The number of piperidine rings is 2. The zero-order chi connectivity index (χ0) is 29.6. The van der Waals surface area contributed by atoms with E-state index in [0.717, 1.165) is 127 Å². The standard InChI is InChI=1S/C34H43N7O2/c1-5-23-18-25-30(31(42-7-3)29(23)28-22(4)8-9-27-26(28)19-36-39-27)37-33(43-24-10-14-40(6-2)15-11-24)38-32(25)41-16-12-34(13-17-41)20-35-21-34/h5,8-9,18-19,24,35H,1,6-7,10-17,20-21H2,2-4H3,(H,36,39). The fraction of sp³-hybridized carbons (Fsp3) is 0.500. The molecule has 1 spiro atoms. The number of benzene rings is 2. The van der Waals surface area contributed by atoms with Crippen LogP contribution < -0.4 is 19.7 Å². The van der Waals surface area contributed by atoms with E-state index in [2.05, 4.69) is 63.9 Å². The van der Waals surface area contributed by atoms with Gasteiger partial charge in [-0.2, -0.15) is 15.1 Å². The molecular weight excluding hydrogens is 538 g/mol. The SMILES string of the molecule is C=Cc1cc2c(N3CCC4(CC3)CNC4)nc(OC3CCN(CC)CC3)nc2c(OCC)c1-c1c(C)ccc2[nH]ncc12. The number of aryl methyl sites for hydroxylation is 1. The van der Waals surface area contributed by atoms with E-state index in [1.54, 1.807) is 0 Å². The number of likely N-dealkylation sites (tertiary alicyclic amines) is 1. The zero-order valence-electron chi connectivity index (χ0n) is 25.7. The van der Waals surface area contributed by atoms with Crippen molar-refractivity contribution >= 4 is 33.7 Å². The van der Waals surface area contributed by atoms with Gasteiger partial charge in [-0.1, -0.05) is 25.6 Å². The maximum Gasteiger partial charge on any atom is 0.319 e. The van der Waals surface area contributed by atoms with Gasteiger partial charge in [-0.05, 0) is 80.3 Å². The first-order chi connectivity index (χ1) is 21.0. The van der Waals surface area contributed by atoms with E-state index >= 15 is 0 Å². The van der Waals surface area contributed by atoms with Gasteiger partial charge < -0.3 is 24.6 Å². The number of ether oxygens (including phenoxy) is 2. The van der Waals surface area contributed by atoms with E-state index in [1.165, 1.54) is 0 Å². The Morgan fingerprint density at radius 2 is 1.84 bits per heavy atom. The van der Waals surface area contributed by atoms with Gasteiger partial charge >= 0.3 is 6.01 Å². The van der Waals surface area contributed by atoms with Crippen molar-refractivity contribution in [3.05, 3.63) is 42.1 Å². The van der Waals surface area contributed by atoms with E-state index in [1.807, 2.05) is 19.2 Å². The van der Waals surface area contributed by atoms with Gasteiger partial charge in [0.25, 0.3) is 0 Å². The molecule has 0 saturated carbocycles. The highest BCUT2D eigenvalue weighted by Crippen LogP contribution is 2.47. The number of nitrogens with one attached hydrogen (secondary N) is 2. The largest absolute Gasteiger partial charge is 0.491 e. The van der Waals surface area contributed by atoms with Crippen molar-refractivity contribution in [2.45, 2.75) is 52.6 Å². The maximum absolute atomic E-state index is 6.60. The van der Waals surface area contributed by atoms with Crippen LogP contribution in [-0.2, 0) is 0 Å². The van der Waals surface area contributed by atoms with Gasteiger partial charge in [0.1, 0.15) is 17.4 Å². The van der Waals surface area contributed by atoms with Gasteiger partial charge in [-0.3, -0.25) is 5.10 Å². The van der Waals surface area contributed by atoms with E-state index in [-0.39, 0.29) is 6.10 Å². The molecule has 3 saturated heterocycles. The van der Waals surface area contributed by atoms with Crippen molar-refractivity contribution in [2.75, 3.05) is 57.3 Å². The molecular formula is C34H43N7O2. The van der Waals surface area contributed by atoms with Crippen LogP contribution in [0, 0.1) is 12.3 Å². The topological polar surface area (TPSA) is 91.4 Å². The van der Waals surface area contributed by atoms with Crippen LogP contribution in [0.25, 0.3) is 39.0 Å². The Morgan fingerprint density at radius 1 is 1.05 bits per heavy atom. The molecule has 0 unspecified atom stereocenters. The molecule has 2 aromatic carbocycles. The predicted molar refractivity (Wildman–Crippen MR) is 173 cm³/mol. The molecule has 0 aliphatic carbocycles. The lowest BCUT2D eigenvalue weighted by molar-refractivity contribution is 0.0957. The highest BCUT2D eigenvalue weighted by molar-refractivity contribution is 6.07. The molecule has 0 radical (unpaired) electrons. The molecule has 43 heavy (non-hydrogen) atoms. The number of rotatable bonds is 8. The Hall–Kier alpha value is -3.69. The average molecular weight is 582 g/mol. The smallest absolute Gasteiger partial charge is 0.319 e. The number of hydrogen-bond acceptors (Lipinski definition) is 8. The van der Waals surface area contributed by atoms with Crippen molar-refractivity contribution in [1.82, 2.24) is 30.4 Å². The van der Waals surface area contributed by atoms with Gasteiger partial charge in [-0.25, -0.2) is 0 Å². The highest BCUT2D eigenvalue weighted by Gasteiger charge is 2.40. The molecule has 2 N–H and O–H groups in total. The summed E-state index contributed by atoms with van der Waals surface area (Å²) in [5.74, 6) is 1.68. The number of aromatic nitrogens is 4. The second-order valence-corrected chi connectivity index (χ2v) is 12.5. The maximum atomic E-state index is 6.60. The van der Waals surface area contributed by atoms with Crippen LogP contribution in [0.1, 0.15) is 50.7 Å². The first-order valence-corrected chi connectivity index (χ1v) is 15.9. The molecule has 4 aromatic rings. The second-order valence-electron chi connectivity index (χ2n) is 12.5. The summed E-state index contributed by atoms with van der Waals surface area (Å²) in [5.41, 5.74) is 6.41. The molecule has 3 aliphatic heterocycles. The van der Waals surface area contributed by atoms with E-state index in [9.17, 15) is 0 Å². The molecule has 3 aliphatic rings. The minimum absolute atomic E-state index is 0.100. The van der Waals surface area contributed by atoms with Crippen LogP contribution in [0.3, 0.4) is 0 Å². The zero-order valence-corrected chi connectivity index (χ0v) is 25.7. The summed E-state index contributed by atoms with van der Waals surface area (Å²) in [5, 5.41) is 13.0. The highest BCUT2D eigenvalue weighted by atomic mass is 16.5. The molecule has 2 aromatic heterocycles. The third kappa shape index (κ3) is 5.02. The van der Waals surface area contributed by atoms with Gasteiger partial charge in [0.15, 0.2) is 5.75 Å². The fourth-order valence-corrected chi connectivity index (χ4v) is 7.19. The van der Waals surface area contributed by atoms with E-state index < -0.39 is 0 Å². The van der Waals surface area contributed by atoms with Crippen LogP contribution in [0.15, 0.2) is 31.0 Å². The summed E-state index contributed by atoms with van der Waals surface area (Å²) >= 11 is 0. The van der Waals surface area contributed by atoms with Crippen LogP contribution in [0.4, 0.5) is 5.82 Å². The fourth-order valence-electron chi connectivity index (χ4n) is 7.19. The third-order valence-electron chi connectivity index (χ3n) is 9.90. The monoisotopic (exact) mass is 581 g/mol. The van der Waals surface area contributed by atoms with Crippen LogP contribution in [0.5, 0.6) is 11.8 Å². The minimum atomic E-state index is 0.100. The Labute approximate surface area is 253 Å². The van der Waals surface area contributed by atoms with E-state index in [4.69, 9.17) is 19.4 Å². The molecule has 9 heteroatoms. The molecule has 0 amide bonds. The number of anilines is 1. The molecule has 226 valence electrons. The summed E-state index contributed by atoms with van der Waals surface area (Å²) < 4.78 is 13.1.